The third-order valence-corrected chi connectivity index (χ3v) is 2.92. The molecule has 0 saturated carbocycles. The molecule has 2 amide bonds. The van der Waals surface area contributed by atoms with Crippen LogP contribution in [-0.2, 0) is 9.59 Å². The predicted octanol–water partition coefficient (Wildman–Crippen LogP) is 2.04. The van der Waals surface area contributed by atoms with E-state index in [0.717, 1.165) is 0 Å². The van der Waals surface area contributed by atoms with Crippen molar-refractivity contribution in [2.75, 3.05) is 26.2 Å². The van der Waals surface area contributed by atoms with Gasteiger partial charge in [0.1, 0.15) is 5.75 Å². The first kappa shape index (κ1) is 17.8. The van der Waals surface area contributed by atoms with Crippen molar-refractivity contribution in [2.24, 2.45) is 0 Å². The van der Waals surface area contributed by atoms with Gasteiger partial charge in [-0.15, -0.1) is 13.2 Å². The molecule has 0 aliphatic rings. The van der Waals surface area contributed by atoms with E-state index in [2.05, 4.69) is 18.5 Å². The Bertz CT molecular complexity index is 519. The molecule has 0 aliphatic heterocycles. The van der Waals surface area contributed by atoms with Gasteiger partial charge in [0.2, 0.25) is 5.91 Å². The highest BCUT2D eigenvalue weighted by molar-refractivity contribution is 6.30. The van der Waals surface area contributed by atoms with Crippen LogP contribution in [0, 0.1) is 0 Å². The molecule has 0 atom stereocenters. The predicted molar refractivity (Wildman–Crippen MR) is 86.9 cm³/mol. The third-order valence-electron chi connectivity index (χ3n) is 2.67. The number of nitrogens with zero attached hydrogens (tertiary/aromatic N) is 1. The number of ether oxygens (including phenoxy) is 1. The Labute approximate surface area is 135 Å². The molecule has 6 heteroatoms. The fourth-order valence-corrected chi connectivity index (χ4v) is 1.73. The Morgan fingerprint density at radius 3 is 2.32 bits per heavy atom. The summed E-state index contributed by atoms with van der Waals surface area (Å²) in [6, 6.07) is 6.66. The average molecular weight is 323 g/mol. The second-order valence-corrected chi connectivity index (χ2v) is 4.83. The summed E-state index contributed by atoms with van der Waals surface area (Å²) < 4.78 is 5.28. The molecule has 5 nitrogen and oxygen atoms in total. The molecule has 0 saturated heterocycles. The summed E-state index contributed by atoms with van der Waals surface area (Å²) in [5, 5.41) is 3.10. The van der Waals surface area contributed by atoms with E-state index in [1.54, 1.807) is 36.4 Å². The van der Waals surface area contributed by atoms with Gasteiger partial charge in [0.05, 0.1) is 6.54 Å². The van der Waals surface area contributed by atoms with E-state index in [9.17, 15) is 9.59 Å². The van der Waals surface area contributed by atoms with Crippen LogP contribution < -0.4 is 10.1 Å². The Morgan fingerprint density at radius 1 is 1.18 bits per heavy atom. The highest BCUT2D eigenvalue weighted by atomic mass is 35.5. The van der Waals surface area contributed by atoms with Crippen LogP contribution >= 0.6 is 11.6 Å². The van der Waals surface area contributed by atoms with Crippen LogP contribution in [0.15, 0.2) is 49.6 Å². The van der Waals surface area contributed by atoms with Crippen LogP contribution in [0.4, 0.5) is 0 Å². The fraction of sp³-hybridized carbons (Fsp3) is 0.250. The van der Waals surface area contributed by atoms with E-state index in [1.165, 1.54) is 4.90 Å². The lowest BCUT2D eigenvalue weighted by atomic mass is 10.3. The molecule has 1 N–H and O–H groups in total. The van der Waals surface area contributed by atoms with Gasteiger partial charge in [-0.1, -0.05) is 23.8 Å². The Balaban J connectivity index is 2.35. The van der Waals surface area contributed by atoms with Crippen LogP contribution in [0.5, 0.6) is 5.75 Å². The van der Waals surface area contributed by atoms with Crippen LogP contribution in [0.3, 0.4) is 0 Å². The minimum atomic E-state index is -0.375. The number of amides is 2. The maximum absolute atomic E-state index is 11.9. The molecule has 1 rings (SSSR count). The average Bonchev–Trinajstić information content (AvgIpc) is 2.52. The van der Waals surface area contributed by atoms with Crippen molar-refractivity contribution in [3.63, 3.8) is 0 Å². The second-order valence-electron chi connectivity index (χ2n) is 4.40. The van der Waals surface area contributed by atoms with Gasteiger partial charge in [-0.05, 0) is 24.3 Å². The maximum atomic E-state index is 11.9. The van der Waals surface area contributed by atoms with Crippen molar-refractivity contribution in [2.45, 2.75) is 0 Å². The van der Waals surface area contributed by atoms with E-state index in [-0.39, 0.29) is 25.0 Å². The lowest BCUT2D eigenvalue weighted by Crippen LogP contribution is -2.41. The van der Waals surface area contributed by atoms with Crippen molar-refractivity contribution >= 4 is 23.4 Å². The molecule has 0 radical (unpaired) electrons. The third kappa shape index (κ3) is 6.45. The van der Waals surface area contributed by atoms with Crippen molar-refractivity contribution < 1.29 is 14.3 Å². The standard InChI is InChI=1S/C16H19ClN2O3/c1-3-9-19(10-4-2)16(21)11-18-15(20)12-22-14-7-5-13(17)6-8-14/h3-8H,1-2,9-12H2,(H,18,20). The minimum absolute atomic E-state index is 0.0928. The molecule has 0 bridgehead atoms. The Morgan fingerprint density at radius 2 is 1.77 bits per heavy atom. The zero-order valence-electron chi connectivity index (χ0n) is 12.3. The summed E-state index contributed by atoms with van der Waals surface area (Å²) in [4.78, 5) is 25.1. The summed E-state index contributed by atoms with van der Waals surface area (Å²) in [5.41, 5.74) is 0. The fourth-order valence-electron chi connectivity index (χ4n) is 1.61. The highest BCUT2D eigenvalue weighted by Crippen LogP contribution is 2.15. The monoisotopic (exact) mass is 322 g/mol. The molecular weight excluding hydrogens is 304 g/mol. The number of carbonyl (C=O) groups is 2. The van der Waals surface area contributed by atoms with Gasteiger partial charge in [-0.2, -0.15) is 0 Å². The summed E-state index contributed by atoms with van der Waals surface area (Å²) in [6.07, 6.45) is 3.24. The summed E-state index contributed by atoms with van der Waals surface area (Å²) in [5.74, 6) is -0.0501. The molecule has 0 unspecified atom stereocenters. The Hall–Kier alpha value is -2.27. The minimum Gasteiger partial charge on any atom is -0.484 e. The zero-order valence-corrected chi connectivity index (χ0v) is 13.0. The van der Waals surface area contributed by atoms with Crippen LogP contribution in [0.2, 0.25) is 5.02 Å². The summed E-state index contributed by atoms with van der Waals surface area (Å²) in [6.45, 7) is 7.72. The largest absolute Gasteiger partial charge is 0.484 e. The van der Waals surface area contributed by atoms with Crippen molar-refractivity contribution in [3.05, 3.63) is 54.6 Å². The molecule has 0 heterocycles. The zero-order chi connectivity index (χ0) is 16.4. The van der Waals surface area contributed by atoms with Crippen molar-refractivity contribution in [3.8, 4) is 5.75 Å². The van der Waals surface area contributed by atoms with Gasteiger partial charge < -0.3 is 15.0 Å². The maximum Gasteiger partial charge on any atom is 0.258 e. The van der Waals surface area contributed by atoms with E-state index in [4.69, 9.17) is 16.3 Å². The molecule has 118 valence electrons. The molecule has 22 heavy (non-hydrogen) atoms. The smallest absolute Gasteiger partial charge is 0.258 e. The summed E-state index contributed by atoms with van der Waals surface area (Å²) in [7, 11) is 0. The number of nitrogens with one attached hydrogen (secondary N) is 1. The lowest BCUT2D eigenvalue weighted by Gasteiger charge is -2.19. The van der Waals surface area contributed by atoms with Crippen LogP contribution in [0.1, 0.15) is 0 Å². The van der Waals surface area contributed by atoms with E-state index >= 15 is 0 Å². The molecule has 0 fully saturated rings. The first-order valence-electron chi connectivity index (χ1n) is 6.71. The SMILES string of the molecule is C=CCN(CC=C)C(=O)CNC(=O)COc1ccc(Cl)cc1. The molecule has 0 aromatic heterocycles. The number of hydrogen-bond donors (Lipinski definition) is 1. The lowest BCUT2D eigenvalue weighted by molar-refractivity contribution is -0.132. The van der Waals surface area contributed by atoms with Gasteiger partial charge >= 0.3 is 0 Å². The van der Waals surface area contributed by atoms with Gasteiger partial charge in [0.25, 0.3) is 5.91 Å². The van der Waals surface area contributed by atoms with E-state index in [1.807, 2.05) is 0 Å². The normalized spacial score (nSPS) is 9.68. The van der Waals surface area contributed by atoms with Crippen LogP contribution in [-0.4, -0.2) is 43.0 Å². The quantitative estimate of drug-likeness (QED) is 0.708. The molecule has 1 aromatic rings. The van der Waals surface area contributed by atoms with Gasteiger partial charge in [0.15, 0.2) is 6.61 Å². The molecule has 1 aromatic carbocycles. The van der Waals surface area contributed by atoms with E-state index in [0.29, 0.717) is 23.9 Å². The molecule has 0 spiro atoms. The molecule has 0 aliphatic carbocycles. The summed E-state index contributed by atoms with van der Waals surface area (Å²) >= 11 is 5.75. The Kier molecular flexibility index (Phi) is 7.78. The van der Waals surface area contributed by atoms with Crippen molar-refractivity contribution in [1.82, 2.24) is 10.2 Å². The van der Waals surface area contributed by atoms with E-state index < -0.39 is 0 Å². The second kappa shape index (κ2) is 9.63. The van der Waals surface area contributed by atoms with Gasteiger partial charge in [-0.25, -0.2) is 0 Å². The highest BCUT2D eigenvalue weighted by Gasteiger charge is 2.12. The van der Waals surface area contributed by atoms with Crippen molar-refractivity contribution in [1.29, 1.82) is 0 Å². The van der Waals surface area contributed by atoms with Crippen LogP contribution in [0.25, 0.3) is 0 Å². The topological polar surface area (TPSA) is 58.6 Å². The number of carbonyl (C=O) groups excluding carboxylic acids is 2. The number of hydrogen-bond acceptors (Lipinski definition) is 3. The number of rotatable bonds is 9. The van der Waals surface area contributed by atoms with Gasteiger partial charge in [-0.3, -0.25) is 9.59 Å². The first-order valence-corrected chi connectivity index (χ1v) is 7.09. The number of benzene rings is 1. The number of halogens is 1. The van der Waals surface area contributed by atoms with Gasteiger partial charge in [0, 0.05) is 18.1 Å². The first-order chi connectivity index (χ1) is 10.6. The molecular formula is C16H19ClN2O3.